The van der Waals surface area contributed by atoms with E-state index >= 15 is 0 Å². The summed E-state index contributed by atoms with van der Waals surface area (Å²) in [5.41, 5.74) is 2.33. The van der Waals surface area contributed by atoms with Crippen LogP contribution in [0.1, 0.15) is 44.6 Å². The number of aryl methyl sites for hydroxylation is 1. The van der Waals surface area contributed by atoms with Crippen molar-refractivity contribution < 1.29 is 14.6 Å². The Morgan fingerprint density at radius 1 is 1.29 bits per heavy atom. The average Bonchev–Trinajstić information content (AvgIpc) is 2.78. The van der Waals surface area contributed by atoms with Crippen LogP contribution in [0.2, 0.25) is 0 Å². The first kappa shape index (κ1) is 23.9. The van der Waals surface area contributed by atoms with E-state index in [9.17, 15) is 9.90 Å². The Kier molecular flexibility index (Phi) is 9.47. The first-order valence-electron chi connectivity index (χ1n) is 11.5. The van der Waals surface area contributed by atoms with Gasteiger partial charge in [0.1, 0.15) is 5.75 Å². The fraction of sp³-hybridized carbons (Fsp3) is 0.600. The van der Waals surface area contributed by atoms with E-state index in [1.165, 1.54) is 23.1 Å². The number of methoxy groups -OCH3 is 1. The molecule has 1 saturated heterocycles. The van der Waals surface area contributed by atoms with E-state index in [2.05, 4.69) is 28.9 Å². The number of hydrogen-bond donors (Lipinski definition) is 1. The second kappa shape index (κ2) is 12.3. The van der Waals surface area contributed by atoms with E-state index in [-0.39, 0.29) is 6.42 Å². The van der Waals surface area contributed by atoms with Gasteiger partial charge in [-0.05, 0) is 86.1 Å². The molecule has 5 nitrogen and oxygen atoms in total. The number of fused-ring (bicyclic) bond motifs is 1. The van der Waals surface area contributed by atoms with Gasteiger partial charge < -0.3 is 14.7 Å². The SMILES string of the molecule is CCSCCN1CCC(CCCc2ccnc3ccc(OC)cc23)C(CCC(=O)O)C1. The van der Waals surface area contributed by atoms with Gasteiger partial charge in [-0.3, -0.25) is 9.78 Å². The number of aliphatic carboxylic acids is 1. The van der Waals surface area contributed by atoms with Crippen LogP contribution < -0.4 is 4.74 Å². The largest absolute Gasteiger partial charge is 0.497 e. The molecule has 3 rings (SSSR count). The molecule has 1 aromatic heterocycles. The molecule has 0 saturated carbocycles. The van der Waals surface area contributed by atoms with Crippen molar-refractivity contribution in [3.8, 4) is 5.75 Å². The Morgan fingerprint density at radius 2 is 2.16 bits per heavy atom. The van der Waals surface area contributed by atoms with Crippen molar-refractivity contribution in [2.24, 2.45) is 11.8 Å². The number of carboxylic acid groups (broad SMARTS) is 1. The van der Waals surface area contributed by atoms with Crippen LogP contribution in [-0.4, -0.2) is 59.2 Å². The zero-order valence-corrected chi connectivity index (χ0v) is 19.7. The number of benzene rings is 1. The van der Waals surface area contributed by atoms with Crippen molar-refractivity contribution >= 4 is 28.6 Å². The molecule has 31 heavy (non-hydrogen) atoms. The number of aromatic nitrogens is 1. The summed E-state index contributed by atoms with van der Waals surface area (Å²) in [6.45, 7) is 5.53. The van der Waals surface area contributed by atoms with Crippen molar-refractivity contribution in [1.82, 2.24) is 9.88 Å². The Bertz CT molecular complexity index is 845. The molecule has 0 spiro atoms. The highest BCUT2D eigenvalue weighted by Gasteiger charge is 2.29. The van der Waals surface area contributed by atoms with Crippen molar-refractivity contribution in [3.05, 3.63) is 36.0 Å². The van der Waals surface area contributed by atoms with Crippen molar-refractivity contribution in [3.63, 3.8) is 0 Å². The van der Waals surface area contributed by atoms with Crippen LogP contribution in [0.15, 0.2) is 30.5 Å². The number of carboxylic acids is 1. The molecule has 170 valence electrons. The molecule has 2 aromatic rings. The number of rotatable bonds is 12. The minimum atomic E-state index is -0.672. The number of pyridine rings is 1. The van der Waals surface area contributed by atoms with E-state index in [1.807, 2.05) is 30.1 Å². The second-order valence-electron chi connectivity index (χ2n) is 8.48. The molecule has 6 heteroatoms. The van der Waals surface area contributed by atoms with Gasteiger partial charge in [0, 0.05) is 36.8 Å². The van der Waals surface area contributed by atoms with Gasteiger partial charge >= 0.3 is 5.97 Å². The zero-order chi connectivity index (χ0) is 22.1. The Morgan fingerprint density at radius 3 is 2.94 bits per heavy atom. The van der Waals surface area contributed by atoms with E-state index < -0.39 is 5.97 Å². The molecule has 0 radical (unpaired) electrons. The fourth-order valence-electron chi connectivity index (χ4n) is 4.80. The molecule has 2 unspecified atom stereocenters. The van der Waals surface area contributed by atoms with Gasteiger partial charge in [0.2, 0.25) is 0 Å². The van der Waals surface area contributed by atoms with Crippen molar-refractivity contribution in [2.75, 3.05) is 38.2 Å². The number of hydrogen-bond acceptors (Lipinski definition) is 5. The first-order valence-corrected chi connectivity index (χ1v) is 12.7. The highest BCUT2D eigenvalue weighted by atomic mass is 32.2. The summed E-state index contributed by atoms with van der Waals surface area (Å²) >= 11 is 1.99. The Hall–Kier alpha value is -1.79. The van der Waals surface area contributed by atoms with Crippen LogP contribution in [0.4, 0.5) is 0 Å². The molecule has 2 atom stereocenters. The minimum absolute atomic E-state index is 0.285. The zero-order valence-electron chi connectivity index (χ0n) is 18.9. The molecule has 2 heterocycles. The number of likely N-dealkylation sites (tertiary alicyclic amines) is 1. The van der Waals surface area contributed by atoms with Gasteiger partial charge in [0.05, 0.1) is 12.6 Å². The van der Waals surface area contributed by atoms with Crippen molar-refractivity contribution in [2.45, 2.75) is 45.4 Å². The summed E-state index contributed by atoms with van der Waals surface area (Å²) in [7, 11) is 1.70. The highest BCUT2D eigenvalue weighted by Crippen LogP contribution is 2.32. The van der Waals surface area contributed by atoms with Crippen LogP contribution in [-0.2, 0) is 11.2 Å². The predicted octanol–water partition coefficient (Wildman–Crippen LogP) is 5.12. The van der Waals surface area contributed by atoms with Crippen LogP contribution in [0.3, 0.4) is 0 Å². The molecule has 1 fully saturated rings. The smallest absolute Gasteiger partial charge is 0.303 e. The third-order valence-corrected chi connectivity index (χ3v) is 7.40. The van der Waals surface area contributed by atoms with Gasteiger partial charge in [0.25, 0.3) is 0 Å². The van der Waals surface area contributed by atoms with Gasteiger partial charge in [-0.15, -0.1) is 0 Å². The summed E-state index contributed by atoms with van der Waals surface area (Å²) in [5.74, 6) is 3.64. The maximum Gasteiger partial charge on any atom is 0.303 e. The summed E-state index contributed by atoms with van der Waals surface area (Å²) < 4.78 is 5.40. The predicted molar refractivity (Wildman–Crippen MR) is 129 cm³/mol. The molecular weight excluding hydrogens is 408 g/mol. The number of ether oxygens (including phenoxy) is 1. The van der Waals surface area contributed by atoms with E-state index in [1.54, 1.807) is 7.11 Å². The molecule has 0 bridgehead atoms. The molecule has 0 amide bonds. The minimum Gasteiger partial charge on any atom is -0.497 e. The quantitative estimate of drug-likeness (QED) is 0.458. The van der Waals surface area contributed by atoms with Gasteiger partial charge in [-0.2, -0.15) is 11.8 Å². The maximum absolute atomic E-state index is 11.2. The summed E-state index contributed by atoms with van der Waals surface area (Å²) in [5, 5.41) is 10.4. The summed E-state index contributed by atoms with van der Waals surface area (Å²) in [4.78, 5) is 18.2. The molecule has 0 aliphatic carbocycles. The molecule has 1 aliphatic rings. The summed E-state index contributed by atoms with van der Waals surface area (Å²) in [6, 6.07) is 8.18. The van der Waals surface area contributed by atoms with Crippen LogP contribution in [0.25, 0.3) is 10.9 Å². The highest BCUT2D eigenvalue weighted by molar-refractivity contribution is 7.99. The number of piperidine rings is 1. The first-order chi connectivity index (χ1) is 15.1. The van der Waals surface area contributed by atoms with Crippen molar-refractivity contribution in [1.29, 1.82) is 0 Å². The molecular formula is C25H36N2O3S. The molecule has 1 aliphatic heterocycles. The Balaban J connectivity index is 1.58. The lowest BCUT2D eigenvalue weighted by Gasteiger charge is -2.39. The third-order valence-electron chi connectivity index (χ3n) is 6.52. The standard InChI is InChI=1S/C25H36N2O3S/c1-3-31-16-15-27-14-12-19(21(18-27)7-10-25(28)29)5-4-6-20-11-13-26-24-9-8-22(30-2)17-23(20)24/h8-9,11,13,17,19,21H,3-7,10,12,14-16,18H2,1-2H3,(H,28,29). The average molecular weight is 445 g/mol. The summed E-state index contributed by atoms with van der Waals surface area (Å²) in [6.07, 6.45) is 7.47. The number of thioether (sulfide) groups is 1. The normalized spacial score (nSPS) is 19.5. The Labute approximate surface area is 190 Å². The van der Waals surface area contributed by atoms with E-state index in [0.717, 1.165) is 62.3 Å². The van der Waals surface area contributed by atoms with Crippen LogP contribution in [0, 0.1) is 11.8 Å². The van der Waals surface area contributed by atoms with Crippen LogP contribution >= 0.6 is 11.8 Å². The lowest BCUT2D eigenvalue weighted by Crippen LogP contribution is -2.41. The lowest BCUT2D eigenvalue weighted by atomic mass is 9.79. The maximum atomic E-state index is 11.2. The fourth-order valence-corrected chi connectivity index (χ4v) is 5.47. The number of carbonyl (C=O) groups is 1. The lowest BCUT2D eigenvalue weighted by molar-refractivity contribution is -0.137. The van der Waals surface area contributed by atoms with E-state index in [4.69, 9.17) is 4.74 Å². The third kappa shape index (κ3) is 7.11. The second-order valence-corrected chi connectivity index (χ2v) is 9.88. The number of nitrogens with zero attached hydrogens (tertiary/aromatic N) is 2. The molecule has 1 aromatic carbocycles. The van der Waals surface area contributed by atoms with Gasteiger partial charge in [-0.25, -0.2) is 0 Å². The van der Waals surface area contributed by atoms with Gasteiger partial charge in [0.15, 0.2) is 0 Å². The van der Waals surface area contributed by atoms with E-state index in [0.29, 0.717) is 11.8 Å². The molecule has 1 N–H and O–H groups in total. The van der Waals surface area contributed by atoms with Gasteiger partial charge in [-0.1, -0.05) is 6.92 Å². The monoisotopic (exact) mass is 444 g/mol. The van der Waals surface area contributed by atoms with Crippen LogP contribution in [0.5, 0.6) is 5.75 Å². The topological polar surface area (TPSA) is 62.7 Å².